The summed E-state index contributed by atoms with van der Waals surface area (Å²) in [6.07, 6.45) is 8.17. The number of aromatic hydroxyl groups is 3. The molecule has 2 amide bonds. The fourth-order valence-electron chi connectivity index (χ4n) is 14.1. The molecule has 6 aliphatic heterocycles. The highest BCUT2D eigenvalue weighted by Crippen LogP contribution is 2.36. The number of ether oxygens (including phenoxy) is 4. The summed E-state index contributed by atoms with van der Waals surface area (Å²) in [7, 11) is 4.48. The summed E-state index contributed by atoms with van der Waals surface area (Å²) in [4.78, 5) is 126. The van der Waals surface area contributed by atoms with Crippen LogP contribution in [0.25, 0.3) is 0 Å². The van der Waals surface area contributed by atoms with E-state index in [9.17, 15) is 75.3 Å². The molecule has 6 atom stereocenters. The smallest absolute Gasteiger partial charge is 0.296 e. The number of nitrogens with zero attached hydrogens (tertiary/aromatic N) is 11. The monoisotopic (exact) mass is 1520 g/mol. The van der Waals surface area contributed by atoms with Crippen molar-refractivity contribution in [2.75, 3.05) is 110 Å². The van der Waals surface area contributed by atoms with Gasteiger partial charge in [-0.05, 0) is 124 Å². The van der Waals surface area contributed by atoms with Crippen LogP contribution < -0.4 is 31.2 Å². The number of aromatic nitrogens is 6. The van der Waals surface area contributed by atoms with Gasteiger partial charge in [-0.25, -0.2) is 36.5 Å². The van der Waals surface area contributed by atoms with Crippen molar-refractivity contribution in [3.8, 4) is 23.0 Å². The number of amides is 2. The van der Waals surface area contributed by atoms with E-state index in [1.54, 1.807) is 32.3 Å². The molecule has 108 heavy (non-hydrogen) atoms. The number of anilines is 2. The minimum atomic E-state index is -3.81. The van der Waals surface area contributed by atoms with Gasteiger partial charge in [0.05, 0.1) is 70.1 Å². The lowest BCUT2D eigenvalue weighted by Gasteiger charge is -2.29. The molecule has 3 aromatic carbocycles. The highest BCUT2D eigenvalue weighted by molar-refractivity contribution is 7.89. The number of Topliss-reactive ketones (excluding diaryl/α,β-unsaturated/α-hetero) is 3. The van der Waals surface area contributed by atoms with Gasteiger partial charge in [0.2, 0.25) is 39.1 Å². The van der Waals surface area contributed by atoms with Crippen LogP contribution in [0, 0.1) is 17.5 Å². The Kier molecular flexibility index (Phi) is 26.7. The maximum Gasteiger partial charge on any atom is 0.296 e. The summed E-state index contributed by atoms with van der Waals surface area (Å²) in [6, 6.07) is 9.17. The standard InChI is InChI=1S/C26H33FN4O5.C26H31FN4O5.C24H30FN3O7S/c2*1-4-18-14-36-15-20-25-28-23(24(34)26(35)31(18)25)21(32)11-9-16-8-10-17(27)13-19(16)29(2)12-6-5-7-22(33)30(20)3;1-3-17-13-34-14-18-23-26-21(22(30)24(31)28(17)23)19(29)9-7-15-6-8-16(25)12-20(15)35-10-4-5-11-36(32,33)27(18)2/h8,10,13,18,20,34H,4-7,9,11-12,14-15H2,1-3H3;5,7-8,10,13,18,20,34H,4,6,9,11-12,14-15H2,1-3H3;6,8,12,17-18,30H,3-5,7,9-11,13-14H2,1-2H3/b;7-5+;/t2*18-,20?;17-,18?/m000/s1. The summed E-state index contributed by atoms with van der Waals surface area (Å²) >= 11 is 0. The Morgan fingerprint density at radius 3 is 1.37 bits per heavy atom. The van der Waals surface area contributed by atoms with Crippen LogP contribution in [0.15, 0.2) is 81.1 Å². The highest BCUT2D eigenvalue weighted by Gasteiger charge is 2.40. The summed E-state index contributed by atoms with van der Waals surface area (Å²) in [6.45, 7) is 7.69. The fraction of sp³-hybridized carbons (Fsp3) is 0.513. The molecule has 6 aromatic rings. The second kappa shape index (κ2) is 35.6. The van der Waals surface area contributed by atoms with E-state index in [0.717, 1.165) is 21.9 Å². The Morgan fingerprint density at radius 2 is 0.898 bits per heavy atom. The number of carbonyl (C=O) groups is 5. The number of ketones is 3. The second-order valence-electron chi connectivity index (χ2n) is 27.8. The zero-order chi connectivity index (χ0) is 78.0. The van der Waals surface area contributed by atoms with Gasteiger partial charge in [0.25, 0.3) is 16.7 Å². The number of aryl methyl sites for hydroxylation is 3. The average molecular weight is 1520 g/mol. The van der Waals surface area contributed by atoms with E-state index in [1.807, 2.05) is 44.7 Å². The number of rotatable bonds is 3. The summed E-state index contributed by atoms with van der Waals surface area (Å²) < 4.78 is 96.4. The van der Waals surface area contributed by atoms with E-state index in [1.165, 1.54) is 79.1 Å². The molecule has 0 radical (unpaired) electrons. The van der Waals surface area contributed by atoms with E-state index in [4.69, 9.17) is 18.9 Å². The van der Waals surface area contributed by atoms with Gasteiger partial charge in [-0.1, -0.05) is 45.0 Å². The van der Waals surface area contributed by atoms with Gasteiger partial charge >= 0.3 is 0 Å². The molecule has 582 valence electrons. The van der Waals surface area contributed by atoms with Gasteiger partial charge in [-0.3, -0.25) is 52.1 Å². The first kappa shape index (κ1) is 80.9. The van der Waals surface area contributed by atoms with Crippen molar-refractivity contribution < 1.29 is 79.8 Å². The molecule has 9 heterocycles. The number of hydrogen-bond donors (Lipinski definition) is 3. The Labute approximate surface area is 623 Å². The first-order valence-electron chi connectivity index (χ1n) is 36.5. The molecule has 28 nitrogen and oxygen atoms in total. The minimum absolute atomic E-state index is 0.0247. The van der Waals surface area contributed by atoms with Crippen molar-refractivity contribution in [1.82, 2.24) is 42.8 Å². The van der Waals surface area contributed by atoms with Crippen molar-refractivity contribution in [3.63, 3.8) is 0 Å². The molecule has 0 saturated carbocycles. The van der Waals surface area contributed by atoms with Crippen molar-refractivity contribution in [1.29, 1.82) is 0 Å². The van der Waals surface area contributed by atoms with Gasteiger partial charge in [-0.2, -0.15) is 4.31 Å². The predicted octanol–water partition coefficient (Wildman–Crippen LogP) is 8.14. The van der Waals surface area contributed by atoms with Crippen LogP contribution in [0.4, 0.5) is 24.5 Å². The molecule has 3 N–H and O–H groups in total. The normalized spacial score (nSPS) is 22.5. The number of fused-ring (bicyclic) bond motifs is 6. The van der Waals surface area contributed by atoms with E-state index in [2.05, 4.69) is 15.0 Å². The number of halogens is 3. The third-order valence-electron chi connectivity index (χ3n) is 20.8. The molecular weight excluding hydrogens is 1430 g/mol. The lowest BCUT2D eigenvalue weighted by atomic mass is 10.0. The topological polar surface area (TPSA) is 338 Å². The summed E-state index contributed by atoms with van der Waals surface area (Å²) in [5, 5.41) is 32.1. The summed E-state index contributed by atoms with van der Waals surface area (Å²) in [5.74, 6) is -4.95. The Bertz CT molecular complexity index is 4710. The zero-order valence-corrected chi connectivity index (χ0v) is 62.8. The number of carbonyl (C=O) groups excluding carboxylic acids is 5. The fourth-order valence-corrected chi connectivity index (χ4v) is 15.5. The number of sulfonamides is 1. The Balaban J connectivity index is 0.000000173. The lowest BCUT2D eigenvalue weighted by Crippen LogP contribution is -2.39. The zero-order valence-electron chi connectivity index (χ0n) is 62.0. The third kappa shape index (κ3) is 17.9. The lowest BCUT2D eigenvalue weighted by molar-refractivity contribution is -0.133. The van der Waals surface area contributed by atoms with E-state index in [-0.39, 0.29) is 149 Å². The van der Waals surface area contributed by atoms with Crippen LogP contribution in [-0.2, 0) is 53.1 Å². The molecule has 6 bridgehead atoms. The molecule has 0 aliphatic carbocycles. The molecule has 3 unspecified atom stereocenters. The van der Waals surface area contributed by atoms with Crippen LogP contribution in [0.5, 0.6) is 23.0 Å². The SMILES string of the molecule is CC[C@H]1COCC2c3nc(c(O)c(=O)n31)C(=O)CCc1ccc(F)cc1N(C)CC/C=C/C(=O)N2C.CC[C@H]1COCC2c3nc(c(O)c(=O)n31)C(=O)CCc1ccc(F)cc1N(C)CCCCC(=O)N2C.CC[C@H]1COCC2c3nc(c(O)c(=O)n31)C(=O)CCc1ccc(F)cc1OCCCCS(=O)(=O)N2C. The van der Waals surface area contributed by atoms with Gasteiger partial charge in [0.1, 0.15) is 58.8 Å². The molecule has 0 fully saturated rings. The number of hydrogen-bond acceptors (Lipinski definition) is 22. The quantitative estimate of drug-likeness (QED) is 0.150. The van der Waals surface area contributed by atoms with Crippen molar-refractivity contribution in [3.05, 3.63) is 167 Å². The maximum absolute atomic E-state index is 14.0. The largest absolute Gasteiger partial charge is 0.501 e. The molecule has 12 rings (SSSR count). The first-order valence-corrected chi connectivity index (χ1v) is 38.1. The van der Waals surface area contributed by atoms with Gasteiger partial charge in [0.15, 0.2) is 34.4 Å². The predicted molar refractivity (Wildman–Crippen MR) is 392 cm³/mol. The molecule has 32 heteroatoms. The molecule has 0 spiro atoms. The molecule has 3 aromatic heterocycles. The van der Waals surface area contributed by atoms with Crippen LogP contribution in [0.1, 0.15) is 200 Å². The highest BCUT2D eigenvalue weighted by atomic mass is 32.2. The van der Waals surface area contributed by atoms with Crippen molar-refractivity contribution >= 4 is 50.6 Å². The van der Waals surface area contributed by atoms with Crippen LogP contribution in [0.3, 0.4) is 0 Å². The summed E-state index contributed by atoms with van der Waals surface area (Å²) in [5.41, 5.74) is 0.0912. The maximum atomic E-state index is 14.0. The molecule has 0 saturated heterocycles. The van der Waals surface area contributed by atoms with Crippen molar-refractivity contribution in [2.24, 2.45) is 0 Å². The molecular formula is C76H94F3N11O17S. The average Bonchev–Trinajstić information content (AvgIpc) is 1.30. The number of benzene rings is 3. The van der Waals surface area contributed by atoms with Crippen LogP contribution in [-0.4, -0.2) is 196 Å². The Morgan fingerprint density at radius 1 is 0.481 bits per heavy atom. The van der Waals surface area contributed by atoms with E-state index >= 15 is 0 Å². The molecule has 6 aliphatic rings. The van der Waals surface area contributed by atoms with Crippen molar-refractivity contribution in [2.45, 2.75) is 153 Å². The second-order valence-corrected chi connectivity index (χ2v) is 29.9. The Hall–Kier alpha value is -9.63. The number of likely N-dealkylation sites (N-methyl/N-ethyl adjacent to an activating group) is 3. The van der Waals surface area contributed by atoms with E-state index < -0.39 is 109 Å². The van der Waals surface area contributed by atoms with Gasteiger partial charge < -0.3 is 53.9 Å². The van der Waals surface area contributed by atoms with Crippen LogP contribution in [0.2, 0.25) is 0 Å². The first-order chi connectivity index (χ1) is 51.6. The van der Waals surface area contributed by atoms with Crippen LogP contribution >= 0.6 is 0 Å². The van der Waals surface area contributed by atoms with E-state index in [0.29, 0.717) is 81.4 Å². The third-order valence-corrected chi connectivity index (χ3v) is 22.7. The van der Waals surface area contributed by atoms with Gasteiger partial charge in [0, 0.05) is 91.5 Å². The minimum Gasteiger partial charge on any atom is -0.501 e. The van der Waals surface area contributed by atoms with Gasteiger partial charge in [-0.15, -0.1) is 0 Å².